The Morgan fingerprint density at radius 2 is 1.96 bits per heavy atom. The molecule has 5 nitrogen and oxygen atoms in total. The molecule has 2 aromatic rings. The lowest BCUT2D eigenvalue weighted by atomic mass is 10.2. The molecule has 0 unspecified atom stereocenters. The molecule has 0 aliphatic carbocycles. The maximum atomic E-state index is 12.4. The number of halogens is 1. The van der Waals surface area contributed by atoms with Crippen LogP contribution < -0.4 is 9.64 Å². The van der Waals surface area contributed by atoms with E-state index in [1.807, 2.05) is 24.3 Å². The highest BCUT2D eigenvalue weighted by molar-refractivity contribution is 7.99. The third-order valence-electron chi connectivity index (χ3n) is 3.54. The Kier molecular flexibility index (Phi) is 5.83. The molecule has 130 valence electrons. The van der Waals surface area contributed by atoms with Gasteiger partial charge in [0, 0.05) is 22.2 Å². The van der Waals surface area contributed by atoms with E-state index >= 15 is 0 Å². The zero-order valence-corrected chi connectivity index (χ0v) is 14.9. The lowest BCUT2D eigenvalue weighted by Gasteiger charge is -2.28. The summed E-state index contributed by atoms with van der Waals surface area (Å²) in [6.07, 6.45) is 0. The molecule has 0 N–H and O–H groups in total. The number of carbonyl (C=O) groups is 2. The minimum absolute atomic E-state index is 0.246. The molecule has 0 radical (unpaired) electrons. The van der Waals surface area contributed by atoms with Gasteiger partial charge in [-0.05, 0) is 30.3 Å². The standard InChI is InChI=1S/C18H16ClNO4S/c19-13-4-3-5-14(10-13)23-12-18(22)24-11-17(21)20-8-9-25-16-7-2-1-6-15(16)20/h1-7,10H,8-9,11-12H2. The second-order valence-electron chi connectivity index (χ2n) is 5.27. The van der Waals surface area contributed by atoms with Crippen LogP contribution in [0.4, 0.5) is 5.69 Å². The van der Waals surface area contributed by atoms with Crippen molar-refractivity contribution in [3.8, 4) is 5.75 Å². The first-order valence-electron chi connectivity index (χ1n) is 7.69. The second-order valence-corrected chi connectivity index (χ2v) is 6.84. The summed E-state index contributed by atoms with van der Waals surface area (Å²) in [5.74, 6) is 0.434. The van der Waals surface area contributed by atoms with Crippen molar-refractivity contribution in [1.82, 2.24) is 0 Å². The molecule has 1 aliphatic heterocycles. The van der Waals surface area contributed by atoms with Crippen molar-refractivity contribution in [3.05, 3.63) is 53.6 Å². The minimum Gasteiger partial charge on any atom is -0.482 e. The Morgan fingerprint density at radius 1 is 1.12 bits per heavy atom. The first kappa shape index (κ1) is 17.6. The number of para-hydroxylation sites is 1. The van der Waals surface area contributed by atoms with E-state index in [4.69, 9.17) is 21.1 Å². The van der Waals surface area contributed by atoms with Crippen LogP contribution >= 0.6 is 23.4 Å². The number of benzene rings is 2. The van der Waals surface area contributed by atoms with Crippen molar-refractivity contribution in [1.29, 1.82) is 0 Å². The third-order valence-corrected chi connectivity index (χ3v) is 4.82. The van der Waals surface area contributed by atoms with Gasteiger partial charge in [-0.3, -0.25) is 4.79 Å². The fourth-order valence-corrected chi connectivity index (χ4v) is 3.56. The lowest BCUT2D eigenvalue weighted by Crippen LogP contribution is -2.38. The van der Waals surface area contributed by atoms with Crippen molar-refractivity contribution in [2.75, 3.05) is 30.4 Å². The number of nitrogens with zero attached hydrogens (tertiary/aromatic N) is 1. The number of hydrogen-bond acceptors (Lipinski definition) is 5. The maximum Gasteiger partial charge on any atom is 0.344 e. The zero-order chi connectivity index (χ0) is 17.6. The van der Waals surface area contributed by atoms with Crippen molar-refractivity contribution in [2.45, 2.75) is 4.90 Å². The minimum atomic E-state index is -0.604. The van der Waals surface area contributed by atoms with Crippen LogP contribution in [0, 0.1) is 0 Å². The summed E-state index contributed by atoms with van der Waals surface area (Å²) in [6, 6.07) is 14.4. The molecule has 1 aliphatic rings. The van der Waals surface area contributed by atoms with Crippen LogP contribution in [0.25, 0.3) is 0 Å². The first-order valence-corrected chi connectivity index (χ1v) is 9.06. The topological polar surface area (TPSA) is 55.8 Å². The van der Waals surface area contributed by atoms with Gasteiger partial charge < -0.3 is 14.4 Å². The van der Waals surface area contributed by atoms with Crippen LogP contribution in [0.3, 0.4) is 0 Å². The molecule has 1 heterocycles. The van der Waals surface area contributed by atoms with Gasteiger partial charge in [-0.25, -0.2) is 4.79 Å². The number of hydrogen-bond donors (Lipinski definition) is 0. The highest BCUT2D eigenvalue weighted by atomic mass is 35.5. The normalized spacial score (nSPS) is 13.1. The average Bonchev–Trinajstić information content (AvgIpc) is 2.64. The molecule has 0 bridgehead atoms. The molecule has 1 amide bonds. The van der Waals surface area contributed by atoms with Crippen molar-refractivity contribution in [2.24, 2.45) is 0 Å². The van der Waals surface area contributed by atoms with Crippen LogP contribution in [-0.2, 0) is 14.3 Å². The molecule has 0 aromatic heterocycles. The SMILES string of the molecule is O=C(COc1cccc(Cl)c1)OCC(=O)N1CCSc2ccccc21. The molecule has 2 aromatic carbocycles. The van der Waals surface area contributed by atoms with E-state index in [2.05, 4.69) is 0 Å². The van der Waals surface area contributed by atoms with Gasteiger partial charge in [-0.2, -0.15) is 0 Å². The largest absolute Gasteiger partial charge is 0.482 e. The van der Waals surface area contributed by atoms with Gasteiger partial charge in [0.15, 0.2) is 13.2 Å². The van der Waals surface area contributed by atoms with Crippen LogP contribution in [0.2, 0.25) is 5.02 Å². The molecular weight excluding hydrogens is 362 g/mol. The number of thioether (sulfide) groups is 1. The molecule has 0 saturated carbocycles. The molecular formula is C18H16ClNO4S. The Morgan fingerprint density at radius 3 is 2.80 bits per heavy atom. The van der Waals surface area contributed by atoms with Crippen molar-refractivity contribution in [3.63, 3.8) is 0 Å². The van der Waals surface area contributed by atoms with E-state index < -0.39 is 5.97 Å². The van der Waals surface area contributed by atoms with Crippen LogP contribution in [0.15, 0.2) is 53.4 Å². The first-order chi connectivity index (χ1) is 12.1. The Labute approximate surface area is 154 Å². The fraction of sp³-hybridized carbons (Fsp3) is 0.222. The van der Waals surface area contributed by atoms with Crippen molar-refractivity contribution < 1.29 is 19.1 Å². The molecule has 25 heavy (non-hydrogen) atoms. The predicted octanol–water partition coefficient (Wildman–Crippen LogP) is 3.40. The quantitative estimate of drug-likeness (QED) is 0.747. The summed E-state index contributed by atoms with van der Waals surface area (Å²) in [7, 11) is 0. The third kappa shape index (κ3) is 4.67. The highest BCUT2D eigenvalue weighted by Gasteiger charge is 2.23. The summed E-state index contributed by atoms with van der Waals surface area (Å²) in [5.41, 5.74) is 0.856. The van der Waals surface area contributed by atoms with Gasteiger partial charge >= 0.3 is 5.97 Å². The number of rotatable bonds is 5. The second kappa shape index (κ2) is 8.27. The maximum absolute atomic E-state index is 12.4. The monoisotopic (exact) mass is 377 g/mol. The fourth-order valence-electron chi connectivity index (χ4n) is 2.39. The number of fused-ring (bicyclic) bond motifs is 1. The van der Waals surface area contributed by atoms with Gasteiger partial charge in [-0.15, -0.1) is 11.8 Å². The summed E-state index contributed by atoms with van der Waals surface area (Å²) < 4.78 is 10.3. The molecule has 0 saturated heterocycles. The number of carbonyl (C=O) groups excluding carboxylic acids is 2. The van der Waals surface area contributed by atoms with Gasteiger partial charge in [0.2, 0.25) is 0 Å². The van der Waals surface area contributed by atoms with Crippen molar-refractivity contribution >= 4 is 40.9 Å². The Bertz CT molecular complexity index is 783. The van der Waals surface area contributed by atoms with E-state index in [0.29, 0.717) is 17.3 Å². The number of esters is 1. The summed E-state index contributed by atoms with van der Waals surface area (Å²) >= 11 is 7.55. The van der Waals surface area contributed by atoms with Crippen LogP contribution in [0.1, 0.15) is 0 Å². The number of anilines is 1. The molecule has 0 spiro atoms. The summed E-state index contributed by atoms with van der Waals surface area (Å²) in [4.78, 5) is 26.8. The summed E-state index contributed by atoms with van der Waals surface area (Å²) in [6.45, 7) is 0.00782. The molecule has 7 heteroatoms. The van der Waals surface area contributed by atoms with E-state index in [9.17, 15) is 9.59 Å². The van der Waals surface area contributed by atoms with Gasteiger partial charge in [0.05, 0.1) is 5.69 Å². The van der Waals surface area contributed by atoms with E-state index in [-0.39, 0.29) is 19.1 Å². The highest BCUT2D eigenvalue weighted by Crippen LogP contribution is 2.34. The van der Waals surface area contributed by atoms with E-state index in [1.54, 1.807) is 40.9 Å². The van der Waals surface area contributed by atoms with Gasteiger partial charge in [0.1, 0.15) is 5.75 Å². The van der Waals surface area contributed by atoms with E-state index in [1.165, 1.54) is 0 Å². The smallest absolute Gasteiger partial charge is 0.344 e. The summed E-state index contributed by atoms with van der Waals surface area (Å²) in [5, 5.41) is 0.516. The lowest BCUT2D eigenvalue weighted by molar-refractivity contribution is -0.149. The average molecular weight is 378 g/mol. The Hall–Kier alpha value is -2.18. The van der Waals surface area contributed by atoms with E-state index in [0.717, 1.165) is 16.3 Å². The molecule has 0 atom stereocenters. The van der Waals surface area contributed by atoms with Crippen LogP contribution in [0.5, 0.6) is 5.75 Å². The predicted molar refractivity (Wildman–Crippen MR) is 97.4 cm³/mol. The number of ether oxygens (including phenoxy) is 2. The van der Waals surface area contributed by atoms with Crippen LogP contribution in [-0.4, -0.2) is 37.4 Å². The Balaban J connectivity index is 1.50. The molecule has 0 fully saturated rings. The van der Waals surface area contributed by atoms with Gasteiger partial charge in [-0.1, -0.05) is 29.8 Å². The molecule has 3 rings (SSSR count). The number of amides is 1. The van der Waals surface area contributed by atoms with Gasteiger partial charge in [0.25, 0.3) is 5.91 Å². The zero-order valence-electron chi connectivity index (χ0n) is 13.3.